The van der Waals surface area contributed by atoms with E-state index in [4.69, 9.17) is 4.74 Å². The quantitative estimate of drug-likeness (QED) is 0.721. The van der Waals surface area contributed by atoms with E-state index in [1.807, 2.05) is 25.1 Å². The van der Waals surface area contributed by atoms with Crippen LogP contribution in [0.15, 0.2) is 22.7 Å². The number of ether oxygens (including phenoxy) is 1. The predicted molar refractivity (Wildman–Crippen MR) is 61.8 cm³/mol. The van der Waals surface area contributed by atoms with Crippen molar-refractivity contribution < 1.29 is 4.74 Å². The lowest BCUT2D eigenvalue weighted by Gasteiger charge is -2.20. The summed E-state index contributed by atoms with van der Waals surface area (Å²) in [6.45, 7) is 2.68. The Bertz CT molecular complexity index is 424. The fourth-order valence-corrected chi connectivity index (χ4v) is 2.28. The van der Waals surface area contributed by atoms with Crippen LogP contribution >= 0.6 is 15.9 Å². The minimum atomic E-state index is -0.421. The maximum Gasteiger partial charge on any atom is 0.124 e. The Labute approximate surface area is 98.0 Å². The molecule has 0 aromatic heterocycles. The van der Waals surface area contributed by atoms with E-state index in [1.165, 1.54) is 0 Å². The Morgan fingerprint density at radius 3 is 3.07 bits per heavy atom. The summed E-state index contributed by atoms with van der Waals surface area (Å²) >= 11 is 3.43. The molecule has 0 fully saturated rings. The van der Waals surface area contributed by atoms with Gasteiger partial charge in [0.1, 0.15) is 5.75 Å². The topological polar surface area (TPSA) is 33.0 Å². The molecule has 0 saturated heterocycles. The second kappa shape index (κ2) is 3.86. The van der Waals surface area contributed by atoms with Gasteiger partial charge in [-0.3, -0.25) is 0 Å². The molecule has 0 amide bonds. The highest BCUT2D eigenvalue weighted by Crippen LogP contribution is 2.39. The number of benzene rings is 1. The van der Waals surface area contributed by atoms with Gasteiger partial charge in [-0.1, -0.05) is 15.9 Å². The first-order chi connectivity index (χ1) is 7.15. The molecular weight excluding hydrogens is 254 g/mol. The fraction of sp³-hybridized carbons (Fsp3) is 0.417. The summed E-state index contributed by atoms with van der Waals surface area (Å²) in [5, 5.41) is 9.29. The summed E-state index contributed by atoms with van der Waals surface area (Å²) in [5.74, 6) is 0.847. The van der Waals surface area contributed by atoms with E-state index in [9.17, 15) is 5.26 Å². The average Bonchev–Trinajstić information content (AvgIpc) is 2.40. The molecule has 15 heavy (non-hydrogen) atoms. The van der Waals surface area contributed by atoms with Gasteiger partial charge in [-0.15, -0.1) is 0 Å². The minimum absolute atomic E-state index is 0.421. The van der Waals surface area contributed by atoms with Gasteiger partial charge in [0.15, 0.2) is 0 Å². The van der Waals surface area contributed by atoms with Crippen LogP contribution in [-0.4, -0.2) is 6.61 Å². The van der Waals surface area contributed by atoms with Gasteiger partial charge in [-0.25, -0.2) is 0 Å². The summed E-state index contributed by atoms with van der Waals surface area (Å²) in [6, 6.07) is 8.27. The summed E-state index contributed by atoms with van der Waals surface area (Å²) in [6.07, 6.45) is 1.78. The molecule has 1 heterocycles. The molecule has 2 nitrogen and oxygen atoms in total. The molecule has 1 unspecified atom stereocenters. The molecule has 0 N–H and O–H groups in total. The average molecular weight is 266 g/mol. The molecule has 0 aliphatic carbocycles. The molecule has 0 saturated carbocycles. The number of halogens is 1. The van der Waals surface area contributed by atoms with Crippen LogP contribution in [0, 0.1) is 11.3 Å². The highest BCUT2D eigenvalue weighted by molar-refractivity contribution is 9.10. The first kappa shape index (κ1) is 10.5. The Kier molecular flexibility index (Phi) is 2.70. The molecule has 2 rings (SSSR count). The number of nitriles is 1. The van der Waals surface area contributed by atoms with Crippen LogP contribution in [0.2, 0.25) is 0 Å². The smallest absolute Gasteiger partial charge is 0.124 e. The predicted octanol–water partition coefficient (Wildman–Crippen LogP) is 3.40. The van der Waals surface area contributed by atoms with Gasteiger partial charge < -0.3 is 4.74 Å². The summed E-state index contributed by atoms with van der Waals surface area (Å²) in [4.78, 5) is 0. The lowest BCUT2D eigenvalue weighted by atomic mass is 9.80. The minimum Gasteiger partial charge on any atom is -0.493 e. The Balaban J connectivity index is 2.58. The maximum atomic E-state index is 9.29. The van der Waals surface area contributed by atoms with Crippen LogP contribution < -0.4 is 4.74 Å². The van der Waals surface area contributed by atoms with Crippen LogP contribution in [0.1, 0.15) is 25.3 Å². The standard InChI is InChI=1S/C12H12BrNO/c1-12(8-14)5-2-6-15-11-4-3-9(13)7-10(11)12/h3-4,7H,2,5-6H2,1H3. The summed E-state index contributed by atoms with van der Waals surface area (Å²) < 4.78 is 6.62. The molecule has 78 valence electrons. The number of hydrogen-bond acceptors (Lipinski definition) is 2. The van der Waals surface area contributed by atoms with E-state index in [1.54, 1.807) is 0 Å². The van der Waals surface area contributed by atoms with Crippen LogP contribution in [-0.2, 0) is 5.41 Å². The van der Waals surface area contributed by atoms with Crippen molar-refractivity contribution in [1.29, 1.82) is 5.26 Å². The van der Waals surface area contributed by atoms with Gasteiger partial charge >= 0.3 is 0 Å². The van der Waals surface area contributed by atoms with Gasteiger partial charge in [0.05, 0.1) is 18.1 Å². The van der Waals surface area contributed by atoms with Crippen molar-refractivity contribution >= 4 is 15.9 Å². The molecule has 1 aliphatic rings. The third-order valence-corrected chi connectivity index (χ3v) is 3.35. The Morgan fingerprint density at radius 1 is 1.53 bits per heavy atom. The third-order valence-electron chi connectivity index (χ3n) is 2.86. The summed E-state index contributed by atoms with van der Waals surface area (Å²) in [7, 11) is 0. The fourth-order valence-electron chi connectivity index (χ4n) is 1.92. The van der Waals surface area contributed by atoms with Gasteiger partial charge in [0.2, 0.25) is 0 Å². The summed E-state index contributed by atoms with van der Waals surface area (Å²) in [5.41, 5.74) is 0.576. The molecule has 0 radical (unpaired) electrons. The normalized spacial score (nSPS) is 24.6. The van der Waals surface area contributed by atoms with Gasteiger partial charge in [-0.2, -0.15) is 5.26 Å². The SMILES string of the molecule is CC1(C#N)CCCOc2ccc(Br)cc21. The molecule has 3 heteroatoms. The van der Waals surface area contributed by atoms with Crippen molar-refractivity contribution in [2.24, 2.45) is 0 Å². The van der Waals surface area contributed by atoms with E-state index in [2.05, 4.69) is 22.0 Å². The Hall–Kier alpha value is -1.01. The largest absolute Gasteiger partial charge is 0.493 e. The Morgan fingerprint density at radius 2 is 2.33 bits per heavy atom. The maximum absolute atomic E-state index is 9.29. The number of rotatable bonds is 0. The van der Waals surface area contributed by atoms with E-state index in [0.29, 0.717) is 6.61 Å². The van der Waals surface area contributed by atoms with E-state index in [-0.39, 0.29) is 0 Å². The number of hydrogen-bond donors (Lipinski definition) is 0. The molecular formula is C12H12BrNO. The zero-order valence-electron chi connectivity index (χ0n) is 8.59. The van der Waals surface area contributed by atoms with Crippen LogP contribution in [0.4, 0.5) is 0 Å². The van der Waals surface area contributed by atoms with Crippen molar-refractivity contribution in [1.82, 2.24) is 0 Å². The van der Waals surface area contributed by atoms with Gasteiger partial charge in [-0.05, 0) is 38.0 Å². The second-order valence-electron chi connectivity index (χ2n) is 4.04. The van der Waals surface area contributed by atoms with Crippen LogP contribution in [0.5, 0.6) is 5.75 Å². The molecule has 1 atom stereocenters. The molecule has 0 spiro atoms. The zero-order valence-corrected chi connectivity index (χ0v) is 10.2. The van der Waals surface area contributed by atoms with E-state index < -0.39 is 5.41 Å². The third kappa shape index (κ3) is 1.87. The molecule has 1 aromatic carbocycles. The van der Waals surface area contributed by atoms with Crippen molar-refractivity contribution in [2.45, 2.75) is 25.2 Å². The first-order valence-electron chi connectivity index (χ1n) is 5.00. The second-order valence-corrected chi connectivity index (χ2v) is 4.95. The molecule has 1 aromatic rings. The zero-order chi connectivity index (χ0) is 10.9. The van der Waals surface area contributed by atoms with Gasteiger partial charge in [0.25, 0.3) is 0 Å². The molecule has 0 bridgehead atoms. The highest BCUT2D eigenvalue weighted by atomic mass is 79.9. The van der Waals surface area contributed by atoms with Crippen molar-refractivity contribution in [2.75, 3.05) is 6.61 Å². The van der Waals surface area contributed by atoms with Gasteiger partial charge in [0, 0.05) is 10.0 Å². The van der Waals surface area contributed by atoms with Crippen molar-refractivity contribution in [3.8, 4) is 11.8 Å². The lowest BCUT2D eigenvalue weighted by molar-refractivity contribution is 0.315. The van der Waals surface area contributed by atoms with Crippen molar-refractivity contribution in [3.63, 3.8) is 0 Å². The van der Waals surface area contributed by atoms with Crippen LogP contribution in [0.3, 0.4) is 0 Å². The number of fused-ring (bicyclic) bond motifs is 1. The van der Waals surface area contributed by atoms with Crippen molar-refractivity contribution in [3.05, 3.63) is 28.2 Å². The number of nitrogens with zero attached hydrogens (tertiary/aromatic N) is 1. The first-order valence-corrected chi connectivity index (χ1v) is 5.79. The monoisotopic (exact) mass is 265 g/mol. The molecule has 1 aliphatic heterocycles. The lowest BCUT2D eigenvalue weighted by Crippen LogP contribution is -2.18. The van der Waals surface area contributed by atoms with Crippen LogP contribution in [0.25, 0.3) is 0 Å². The van der Waals surface area contributed by atoms with E-state index in [0.717, 1.165) is 28.6 Å². The van der Waals surface area contributed by atoms with E-state index >= 15 is 0 Å². The highest BCUT2D eigenvalue weighted by Gasteiger charge is 2.31.